The lowest BCUT2D eigenvalue weighted by atomic mass is 10.0. The molecule has 2 heterocycles. The van der Waals surface area contributed by atoms with Gasteiger partial charge in [0.05, 0.1) is 10.6 Å². The number of rotatable bonds is 6. The van der Waals surface area contributed by atoms with Gasteiger partial charge < -0.3 is 0 Å². The largest absolute Gasteiger partial charge is 0.289 e. The minimum Gasteiger partial charge on any atom is -0.289 e. The third kappa shape index (κ3) is 4.22. The Morgan fingerprint density at radius 1 is 0.781 bits per heavy atom. The summed E-state index contributed by atoms with van der Waals surface area (Å²) in [5, 5.41) is 6.81. The van der Waals surface area contributed by atoms with Gasteiger partial charge in [-0.3, -0.25) is 4.79 Å². The zero-order valence-electron chi connectivity index (χ0n) is 17.3. The van der Waals surface area contributed by atoms with Crippen molar-refractivity contribution in [2.75, 3.05) is 0 Å². The van der Waals surface area contributed by atoms with Crippen molar-refractivity contribution >= 4 is 23.2 Å². The summed E-state index contributed by atoms with van der Waals surface area (Å²) in [4.78, 5) is 13.9. The molecule has 0 saturated carbocycles. The summed E-state index contributed by atoms with van der Waals surface area (Å²) in [7, 11) is 0. The van der Waals surface area contributed by atoms with Crippen LogP contribution >= 0.6 is 11.3 Å². The SMILES string of the molecule is O=C(/C=C/c1cn(-c2ccccc2)nc1-c1cccs1)c1ccc(-c2ccccc2)cc1. The molecule has 3 aromatic carbocycles. The van der Waals surface area contributed by atoms with Crippen molar-refractivity contribution in [1.82, 2.24) is 9.78 Å². The van der Waals surface area contributed by atoms with E-state index >= 15 is 0 Å². The third-order valence-electron chi connectivity index (χ3n) is 5.21. The van der Waals surface area contributed by atoms with Crippen LogP contribution in [-0.2, 0) is 0 Å². The Balaban J connectivity index is 1.42. The molecule has 32 heavy (non-hydrogen) atoms. The average molecular weight is 433 g/mol. The van der Waals surface area contributed by atoms with E-state index in [1.807, 2.05) is 107 Å². The number of hydrogen-bond donors (Lipinski definition) is 0. The van der Waals surface area contributed by atoms with Crippen LogP contribution in [-0.4, -0.2) is 15.6 Å². The van der Waals surface area contributed by atoms with Crippen LogP contribution < -0.4 is 0 Å². The van der Waals surface area contributed by atoms with E-state index in [0.717, 1.165) is 32.9 Å². The lowest BCUT2D eigenvalue weighted by Gasteiger charge is -2.02. The lowest BCUT2D eigenvalue weighted by Crippen LogP contribution is -1.94. The fourth-order valence-electron chi connectivity index (χ4n) is 3.55. The molecule has 0 N–H and O–H groups in total. The van der Waals surface area contributed by atoms with Gasteiger partial charge in [0, 0.05) is 17.3 Å². The molecule has 154 valence electrons. The number of hydrogen-bond acceptors (Lipinski definition) is 3. The average Bonchev–Trinajstić information content (AvgIpc) is 3.54. The quantitative estimate of drug-likeness (QED) is 0.211. The van der Waals surface area contributed by atoms with Crippen molar-refractivity contribution in [2.24, 2.45) is 0 Å². The maximum Gasteiger partial charge on any atom is 0.185 e. The maximum absolute atomic E-state index is 12.8. The van der Waals surface area contributed by atoms with Crippen LogP contribution in [0.5, 0.6) is 0 Å². The molecule has 0 spiro atoms. The van der Waals surface area contributed by atoms with E-state index in [-0.39, 0.29) is 5.78 Å². The van der Waals surface area contributed by atoms with Gasteiger partial charge in [-0.2, -0.15) is 5.10 Å². The molecule has 3 nitrogen and oxygen atoms in total. The van der Waals surface area contributed by atoms with E-state index in [2.05, 4.69) is 12.1 Å². The summed E-state index contributed by atoms with van der Waals surface area (Å²) in [6, 6.07) is 31.9. The number of aromatic nitrogens is 2. The van der Waals surface area contributed by atoms with E-state index in [1.54, 1.807) is 17.4 Å². The highest BCUT2D eigenvalue weighted by molar-refractivity contribution is 7.13. The van der Waals surface area contributed by atoms with E-state index in [0.29, 0.717) is 5.56 Å². The second-order valence-corrected chi connectivity index (χ2v) is 8.28. The maximum atomic E-state index is 12.8. The highest BCUT2D eigenvalue weighted by Crippen LogP contribution is 2.29. The van der Waals surface area contributed by atoms with Crippen LogP contribution in [0, 0.1) is 0 Å². The summed E-state index contributed by atoms with van der Waals surface area (Å²) < 4.78 is 1.86. The summed E-state index contributed by atoms with van der Waals surface area (Å²) in [5.41, 5.74) is 5.64. The fourth-order valence-corrected chi connectivity index (χ4v) is 4.28. The molecule has 0 aliphatic heterocycles. The highest BCUT2D eigenvalue weighted by Gasteiger charge is 2.12. The normalized spacial score (nSPS) is 11.1. The van der Waals surface area contributed by atoms with Crippen molar-refractivity contribution in [3.05, 3.63) is 126 Å². The van der Waals surface area contributed by atoms with Gasteiger partial charge in [-0.25, -0.2) is 4.68 Å². The van der Waals surface area contributed by atoms with Gasteiger partial charge >= 0.3 is 0 Å². The summed E-state index contributed by atoms with van der Waals surface area (Å²) >= 11 is 1.63. The second kappa shape index (κ2) is 9.00. The first-order valence-corrected chi connectivity index (χ1v) is 11.2. The predicted molar refractivity (Wildman–Crippen MR) is 132 cm³/mol. The molecule has 0 radical (unpaired) electrons. The van der Waals surface area contributed by atoms with Crippen molar-refractivity contribution in [3.63, 3.8) is 0 Å². The number of para-hydroxylation sites is 1. The topological polar surface area (TPSA) is 34.9 Å². The number of nitrogens with zero attached hydrogens (tertiary/aromatic N) is 2. The van der Waals surface area contributed by atoms with Crippen LogP contribution in [0.1, 0.15) is 15.9 Å². The Morgan fingerprint density at radius 3 is 2.16 bits per heavy atom. The van der Waals surface area contributed by atoms with Gasteiger partial charge in [-0.05, 0) is 46.9 Å². The molecule has 2 aromatic heterocycles. The molecule has 0 atom stereocenters. The number of carbonyl (C=O) groups excluding carboxylic acids is 1. The Morgan fingerprint density at radius 2 is 1.47 bits per heavy atom. The molecule has 0 saturated heterocycles. The molecular formula is C28H20N2OS. The molecule has 5 rings (SSSR count). The van der Waals surface area contributed by atoms with Crippen molar-refractivity contribution < 1.29 is 4.79 Å². The lowest BCUT2D eigenvalue weighted by molar-refractivity contribution is 0.104. The van der Waals surface area contributed by atoms with E-state index in [9.17, 15) is 4.79 Å². The van der Waals surface area contributed by atoms with Crippen molar-refractivity contribution in [3.8, 4) is 27.4 Å². The highest BCUT2D eigenvalue weighted by atomic mass is 32.1. The zero-order valence-corrected chi connectivity index (χ0v) is 18.1. The van der Waals surface area contributed by atoms with E-state index < -0.39 is 0 Å². The number of thiophene rings is 1. The molecule has 0 bridgehead atoms. The molecule has 0 unspecified atom stereocenters. The summed E-state index contributed by atoms with van der Waals surface area (Å²) in [6.45, 7) is 0. The van der Waals surface area contributed by atoms with Crippen LogP contribution in [0.3, 0.4) is 0 Å². The Hall–Kier alpha value is -4.02. The first kappa shape index (κ1) is 19.9. The first-order valence-electron chi connectivity index (χ1n) is 10.3. The van der Waals surface area contributed by atoms with Gasteiger partial charge in [0.2, 0.25) is 0 Å². The van der Waals surface area contributed by atoms with Gasteiger partial charge in [0.1, 0.15) is 5.69 Å². The molecule has 4 heteroatoms. The summed E-state index contributed by atoms with van der Waals surface area (Å²) in [6.07, 6.45) is 5.45. The van der Waals surface area contributed by atoms with Crippen LogP contribution in [0.4, 0.5) is 0 Å². The number of benzene rings is 3. The first-order chi connectivity index (χ1) is 15.8. The number of carbonyl (C=O) groups is 1. The molecule has 0 aliphatic carbocycles. The smallest absolute Gasteiger partial charge is 0.185 e. The Labute approximate surface area is 190 Å². The number of allylic oxidation sites excluding steroid dienone is 1. The van der Waals surface area contributed by atoms with Gasteiger partial charge in [-0.15, -0.1) is 11.3 Å². The summed E-state index contributed by atoms with van der Waals surface area (Å²) in [5.74, 6) is -0.0331. The molecule has 5 aromatic rings. The van der Waals surface area contributed by atoms with Gasteiger partial charge in [0.25, 0.3) is 0 Å². The third-order valence-corrected chi connectivity index (χ3v) is 6.09. The van der Waals surface area contributed by atoms with Crippen LogP contribution in [0.2, 0.25) is 0 Å². The van der Waals surface area contributed by atoms with Crippen molar-refractivity contribution in [1.29, 1.82) is 0 Å². The standard InChI is InChI=1S/C28H20N2OS/c31-26(23-15-13-22(14-16-23)21-8-3-1-4-9-21)18-17-24-20-30(25-10-5-2-6-11-25)29-28(24)27-12-7-19-32-27/h1-20H/b18-17+. The van der Waals surface area contributed by atoms with Crippen LogP contribution in [0.25, 0.3) is 33.5 Å². The second-order valence-electron chi connectivity index (χ2n) is 7.33. The molecule has 0 fully saturated rings. The fraction of sp³-hybridized carbons (Fsp3) is 0. The Kier molecular flexibility index (Phi) is 5.60. The minimum atomic E-state index is -0.0331. The zero-order chi connectivity index (χ0) is 21.8. The molecular weight excluding hydrogens is 412 g/mol. The predicted octanol–water partition coefficient (Wildman–Crippen LogP) is 7.16. The van der Waals surface area contributed by atoms with E-state index in [1.165, 1.54) is 0 Å². The van der Waals surface area contributed by atoms with Crippen LogP contribution in [0.15, 0.2) is 115 Å². The molecule has 0 amide bonds. The van der Waals surface area contributed by atoms with Gasteiger partial charge in [0.15, 0.2) is 5.78 Å². The molecule has 0 aliphatic rings. The van der Waals surface area contributed by atoms with Crippen molar-refractivity contribution in [2.45, 2.75) is 0 Å². The van der Waals surface area contributed by atoms with E-state index in [4.69, 9.17) is 5.10 Å². The Bertz CT molecular complexity index is 1350. The number of ketones is 1. The monoisotopic (exact) mass is 432 g/mol. The minimum absolute atomic E-state index is 0.0331. The van der Waals surface area contributed by atoms with Gasteiger partial charge in [-0.1, -0.05) is 78.9 Å².